The largest absolute Gasteiger partial charge is 0.497 e. The molecule has 2 aromatic carbocycles. The molecule has 1 N–H and O–H groups in total. The molecule has 0 saturated heterocycles. The van der Waals surface area contributed by atoms with Gasteiger partial charge in [-0.3, -0.25) is 14.2 Å². The Bertz CT molecular complexity index is 1350. The molecule has 7 nitrogen and oxygen atoms in total. The second kappa shape index (κ2) is 7.83. The number of thioether (sulfide) groups is 1. The van der Waals surface area contributed by atoms with Gasteiger partial charge in [-0.2, -0.15) is 0 Å². The van der Waals surface area contributed by atoms with Gasteiger partial charge >= 0.3 is 0 Å². The highest BCUT2D eigenvalue weighted by atomic mass is 32.2. The molecule has 0 bridgehead atoms. The fraction of sp³-hybridized carbons (Fsp3) is 0.190. The first-order valence-corrected chi connectivity index (χ1v) is 10.1. The maximum Gasteiger partial charge on any atom is 0.278 e. The second-order valence-electron chi connectivity index (χ2n) is 6.71. The Morgan fingerprint density at radius 2 is 1.97 bits per heavy atom. The number of anilines is 1. The van der Waals surface area contributed by atoms with Crippen molar-refractivity contribution in [3.63, 3.8) is 0 Å². The van der Waals surface area contributed by atoms with E-state index < -0.39 is 5.82 Å². The van der Waals surface area contributed by atoms with Gasteiger partial charge in [-0.1, -0.05) is 23.9 Å². The van der Waals surface area contributed by atoms with Crippen molar-refractivity contribution in [3.05, 3.63) is 58.6 Å². The zero-order chi connectivity index (χ0) is 21.4. The summed E-state index contributed by atoms with van der Waals surface area (Å²) in [6.45, 7) is 0. The number of hydrogen-bond acceptors (Lipinski definition) is 5. The van der Waals surface area contributed by atoms with Crippen LogP contribution >= 0.6 is 11.8 Å². The lowest BCUT2D eigenvalue weighted by molar-refractivity contribution is -0.113. The van der Waals surface area contributed by atoms with Crippen molar-refractivity contribution in [2.45, 2.75) is 5.16 Å². The topological polar surface area (TPSA) is 78.2 Å². The Balaban J connectivity index is 1.68. The average molecular weight is 426 g/mol. The van der Waals surface area contributed by atoms with E-state index in [4.69, 9.17) is 4.74 Å². The highest BCUT2D eigenvalue weighted by Gasteiger charge is 2.18. The Hall–Kier alpha value is -3.33. The predicted molar refractivity (Wildman–Crippen MR) is 116 cm³/mol. The number of amides is 1. The number of para-hydroxylation sites is 1. The van der Waals surface area contributed by atoms with Gasteiger partial charge in [-0.05, 0) is 30.3 Å². The van der Waals surface area contributed by atoms with E-state index in [1.807, 2.05) is 25.2 Å². The number of hydrogen-bond donors (Lipinski definition) is 1. The third-order valence-electron chi connectivity index (χ3n) is 4.86. The molecule has 154 valence electrons. The van der Waals surface area contributed by atoms with E-state index in [-0.39, 0.29) is 22.9 Å². The van der Waals surface area contributed by atoms with Crippen LogP contribution in [0.15, 0.2) is 52.4 Å². The SMILES string of the molecule is COc1ccc2c(c1)c1nc(SCC(=O)Nc3ccccc3F)n(C)c(=O)c1n2C. The number of nitrogens with zero attached hydrogens (tertiary/aromatic N) is 3. The maximum atomic E-state index is 13.7. The average Bonchev–Trinajstić information content (AvgIpc) is 3.02. The van der Waals surface area contributed by atoms with Gasteiger partial charge in [0.25, 0.3) is 5.56 Å². The smallest absolute Gasteiger partial charge is 0.278 e. The quantitative estimate of drug-likeness (QED) is 0.391. The Kier molecular flexibility index (Phi) is 5.21. The molecule has 0 aliphatic carbocycles. The number of ether oxygens (including phenoxy) is 1. The van der Waals surface area contributed by atoms with Crippen LogP contribution in [0.25, 0.3) is 21.9 Å². The van der Waals surface area contributed by atoms with Crippen LogP contribution in [0.4, 0.5) is 10.1 Å². The molecular weight excluding hydrogens is 407 g/mol. The molecule has 0 unspecified atom stereocenters. The van der Waals surface area contributed by atoms with Crippen LogP contribution in [0.3, 0.4) is 0 Å². The Morgan fingerprint density at radius 1 is 1.20 bits per heavy atom. The minimum atomic E-state index is -0.507. The third-order valence-corrected chi connectivity index (χ3v) is 5.89. The lowest BCUT2D eigenvalue weighted by Gasteiger charge is -2.09. The van der Waals surface area contributed by atoms with Crippen molar-refractivity contribution in [3.8, 4) is 5.75 Å². The molecule has 0 spiro atoms. The van der Waals surface area contributed by atoms with Crippen molar-refractivity contribution < 1.29 is 13.9 Å². The van der Waals surface area contributed by atoms with E-state index in [1.54, 1.807) is 30.9 Å². The number of benzene rings is 2. The van der Waals surface area contributed by atoms with Crippen LogP contribution in [0.1, 0.15) is 0 Å². The summed E-state index contributed by atoms with van der Waals surface area (Å²) in [4.78, 5) is 29.9. The van der Waals surface area contributed by atoms with Crippen LogP contribution in [-0.4, -0.2) is 32.9 Å². The number of nitrogens with one attached hydrogen (secondary N) is 1. The van der Waals surface area contributed by atoms with Crippen LogP contribution < -0.4 is 15.6 Å². The lowest BCUT2D eigenvalue weighted by atomic mass is 10.2. The fourth-order valence-electron chi connectivity index (χ4n) is 3.31. The third kappa shape index (κ3) is 3.41. The number of halogens is 1. The summed E-state index contributed by atoms with van der Waals surface area (Å²) in [5, 5.41) is 3.72. The monoisotopic (exact) mass is 426 g/mol. The fourth-order valence-corrected chi connectivity index (χ4v) is 4.08. The van der Waals surface area contributed by atoms with Crippen molar-refractivity contribution in [2.75, 3.05) is 18.2 Å². The molecule has 30 heavy (non-hydrogen) atoms. The first kappa shape index (κ1) is 20.0. The molecule has 0 radical (unpaired) electrons. The van der Waals surface area contributed by atoms with Gasteiger partial charge in [0, 0.05) is 19.5 Å². The minimum Gasteiger partial charge on any atom is -0.497 e. The van der Waals surface area contributed by atoms with Gasteiger partial charge < -0.3 is 14.6 Å². The summed E-state index contributed by atoms with van der Waals surface area (Å²) in [6.07, 6.45) is 0. The zero-order valence-corrected chi connectivity index (χ0v) is 17.4. The maximum absolute atomic E-state index is 13.7. The van der Waals surface area contributed by atoms with Gasteiger partial charge in [0.15, 0.2) is 5.16 Å². The number of methoxy groups -OCH3 is 1. The number of rotatable bonds is 5. The molecular formula is C21H19FN4O3S. The molecule has 0 aliphatic rings. The van der Waals surface area contributed by atoms with Crippen molar-refractivity contribution >= 4 is 45.3 Å². The summed E-state index contributed by atoms with van der Waals surface area (Å²) in [6, 6.07) is 11.5. The summed E-state index contributed by atoms with van der Waals surface area (Å²) < 4.78 is 22.2. The van der Waals surface area contributed by atoms with Crippen molar-refractivity contribution in [1.29, 1.82) is 0 Å². The molecule has 2 aromatic heterocycles. The van der Waals surface area contributed by atoms with Gasteiger partial charge in [-0.25, -0.2) is 9.37 Å². The predicted octanol–water partition coefficient (Wildman–Crippen LogP) is 3.30. The van der Waals surface area contributed by atoms with Crippen LogP contribution in [0, 0.1) is 5.82 Å². The molecule has 0 atom stereocenters. The van der Waals surface area contributed by atoms with E-state index in [0.717, 1.165) is 22.7 Å². The molecule has 1 amide bonds. The standard InChI is InChI=1S/C21H19FN4O3S/c1-25-16-9-8-12(29-3)10-13(16)18-19(25)20(28)26(2)21(24-18)30-11-17(27)23-15-7-5-4-6-14(15)22/h4-10H,11H2,1-3H3,(H,23,27). The molecule has 0 saturated carbocycles. The summed E-state index contributed by atoms with van der Waals surface area (Å²) in [5.74, 6) is -0.253. The first-order valence-electron chi connectivity index (χ1n) is 9.11. The number of aryl methyl sites for hydroxylation is 1. The summed E-state index contributed by atoms with van der Waals surface area (Å²) in [5.41, 5.74) is 1.78. The normalized spacial score (nSPS) is 11.2. The molecule has 0 aliphatic heterocycles. The second-order valence-corrected chi connectivity index (χ2v) is 7.66. The minimum absolute atomic E-state index is 0.0196. The van der Waals surface area contributed by atoms with Crippen LogP contribution in [0.5, 0.6) is 5.75 Å². The number of carbonyl (C=O) groups is 1. The van der Waals surface area contributed by atoms with Crippen molar-refractivity contribution in [1.82, 2.24) is 14.1 Å². The zero-order valence-electron chi connectivity index (χ0n) is 16.6. The van der Waals surface area contributed by atoms with E-state index in [0.29, 0.717) is 21.9 Å². The van der Waals surface area contributed by atoms with Crippen LogP contribution in [0.2, 0.25) is 0 Å². The van der Waals surface area contributed by atoms with Crippen LogP contribution in [-0.2, 0) is 18.9 Å². The Morgan fingerprint density at radius 3 is 2.70 bits per heavy atom. The molecule has 9 heteroatoms. The molecule has 4 rings (SSSR count). The molecule has 4 aromatic rings. The van der Waals surface area contributed by atoms with Crippen molar-refractivity contribution in [2.24, 2.45) is 14.1 Å². The summed E-state index contributed by atoms with van der Waals surface area (Å²) >= 11 is 1.11. The number of fused-ring (bicyclic) bond motifs is 3. The van der Waals surface area contributed by atoms with Gasteiger partial charge in [0.2, 0.25) is 5.91 Å². The van der Waals surface area contributed by atoms with E-state index in [9.17, 15) is 14.0 Å². The molecule has 2 heterocycles. The first-order chi connectivity index (χ1) is 14.4. The Labute approximate surface area is 175 Å². The van der Waals surface area contributed by atoms with E-state index in [2.05, 4.69) is 10.3 Å². The summed E-state index contributed by atoms with van der Waals surface area (Å²) in [7, 11) is 5.01. The van der Waals surface area contributed by atoms with Gasteiger partial charge in [-0.15, -0.1) is 0 Å². The highest BCUT2D eigenvalue weighted by molar-refractivity contribution is 7.99. The lowest BCUT2D eigenvalue weighted by Crippen LogP contribution is -2.22. The van der Waals surface area contributed by atoms with Gasteiger partial charge in [0.1, 0.15) is 22.6 Å². The number of carbonyl (C=O) groups excluding carboxylic acids is 1. The van der Waals surface area contributed by atoms with E-state index >= 15 is 0 Å². The molecule has 0 fully saturated rings. The van der Waals surface area contributed by atoms with E-state index in [1.165, 1.54) is 16.7 Å². The van der Waals surface area contributed by atoms with Gasteiger partial charge in [0.05, 0.1) is 24.1 Å². The number of aromatic nitrogens is 3. The highest BCUT2D eigenvalue weighted by Crippen LogP contribution is 2.29.